The summed E-state index contributed by atoms with van der Waals surface area (Å²) >= 11 is 0. The summed E-state index contributed by atoms with van der Waals surface area (Å²) in [4.78, 5) is 59.0. The van der Waals surface area contributed by atoms with Crippen molar-refractivity contribution in [3.8, 4) is 0 Å². The Labute approximate surface area is 713 Å². The molecule has 0 aromatic heterocycles. The molecule has 5 atom stereocenters. The second-order valence-electron chi connectivity index (χ2n) is 30.3. The zero-order valence-corrected chi connectivity index (χ0v) is 75.4. The number of ether oxygens (including phenoxy) is 3. The zero-order valence-electron chi connectivity index (χ0n) is 73.6. The standard InChI is InChI=1S/C99H166O16P2/c1-4-7-10-13-16-19-22-25-28-31-34-37-40-43-44-45-46-47-48-51-53-55-58-61-64-67-70-73-76-79-82-85-97(102)109-88-94(100)89-111-116(105,106)112-90-95(101)91-113-117(107,108)114-93-96(115-99(104)87-84-81-78-75-72-69-66-63-60-57-54-50-42-39-36-33-30-27-24-21-18-15-12-9-6-3)92-110-98(103)86-83-80-77-74-71-68-65-62-59-56-52-49-41-38-35-32-29-26-23-20-17-14-11-8-5-2/h7-8,10-11,16-21,25-30,34-39,43-44,49-50,52,54,59,62,94-96,100-101H,4-6,9,12-15,22-24,31-33,40-42,45-48,51,53,55-58,60-61,63-93H2,1-3H3,(H,105,106)(H,107,108)/b10-7-,11-8-,19-16-,20-17-,21-18-,28-25-,29-26-,30-27-,37-34-,38-35-,39-36-,44-43-,52-49-,54-50-,62-59-. The molecule has 4 N–H and O–H groups in total. The summed E-state index contributed by atoms with van der Waals surface area (Å²) in [7, 11) is -9.82. The Balaban J connectivity index is 4.65. The van der Waals surface area contributed by atoms with Gasteiger partial charge in [-0.1, -0.05) is 370 Å². The molecule has 0 aromatic carbocycles. The van der Waals surface area contributed by atoms with Crippen molar-refractivity contribution in [3.63, 3.8) is 0 Å². The van der Waals surface area contributed by atoms with Crippen molar-refractivity contribution >= 4 is 33.6 Å². The van der Waals surface area contributed by atoms with E-state index in [0.29, 0.717) is 19.3 Å². The van der Waals surface area contributed by atoms with Gasteiger partial charge < -0.3 is 34.2 Å². The normalized spacial score (nSPS) is 14.6. The fourth-order valence-electron chi connectivity index (χ4n) is 12.2. The number of hydrogen-bond donors (Lipinski definition) is 4. The number of aliphatic hydroxyl groups excluding tert-OH is 2. The van der Waals surface area contributed by atoms with E-state index in [1.54, 1.807) is 0 Å². The molecule has 0 saturated carbocycles. The minimum Gasteiger partial charge on any atom is -0.463 e. The molecule has 0 spiro atoms. The maximum absolute atomic E-state index is 13.1. The van der Waals surface area contributed by atoms with E-state index in [9.17, 15) is 43.5 Å². The predicted octanol–water partition coefficient (Wildman–Crippen LogP) is 28.4. The van der Waals surface area contributed by atoms with Crippen LogP contribution < -0.4 is 0 Å². The van der Waals surface area contributed by atoms with Gasteiger partial charge in [-0.2, -0.15) is 0 Å². The first-order valence-corrected chi connectivity index (χ1v) is 49.1. The monoisotopic (exact) mass is 1670 g/mol. The van der Waals surface area contributed by atoms with Crippen molar-refractivity contribution in [1.29, 1.82) is 0 Å². The molecule has 18 heteroatoms. The van der Waals surface area contributed by atoms with Crippen LogP contribution in [0.15, 0.2) is 182 Å². The summed E-state index contributed by atoms with van der Waals surface area (Å²) in [5.74, 6) is -1.60. The van der Waals surface area contributed by atoms with E-state index in [1.165, 1.54) is 128 Å². The molecule has 0 aromatic rings. The van der Waals surface area contributed by atoms with E-state index in [2.05, 4.69) is 203 Å². The van der Waals surface area contributed by atoms with Crippen molar-refractivity contribution in [1.82, 2.24) is 0 Å². The first-order valence-electron chi connectivity index (χ1n) is 46.1. The van der Waals surface area contributed by atoms with E-state index < -0.39 is 91.5 Å². The average molecular weight is 1670 g/mol. The summed E-state index contributed by atoms with van der Waals surface area (Å²) in [6, 6.07) is 0. The lowest BCUT2D eigenvalue weighted by molar-refractivity contribution is -0.161. The fraction of sp³-hybridized carbons (Fsp3) is 0.667. The van der Waals surface area contributed by atoms with Crippen molar-refractivity contribution in [2.45, 2.75) is 386 Å². The molecule has 0 heterocycles. The maximum atomic E-state index is 13.1. The number of carbonyl (C=O) groups is 3. The molecular formula is C99H166O16P2. The third-order valence-electron chi connectivity index (χ3n) is 19.1. The van der Waals surface area contributed by atoms with Crippen LogP contribution in [-0.4, -0.2) is 95.9 Å². The summed E-state index contributed by atoms with van der Waals surface area (Å²) < 4.78 is 61.5. The van der Waals surface area contributed by atoms with Crippen molar-refractivity contribution in [2.24, 2.45) is 0 Å². The summed E-state index contributed by atoms with van der Waals surface area (Å²) in [5, 5.41) is 20.7. The van der Waals surface area contributed by atoms with Crippen LogP contribution in [0.25, 0.3) is 0 Å². The summed E-state index contributed by atoms with van der Waals surface area (Å²) in [6.07, 6.45) is 118. The number of phosphoric acid groups is 2. The Morgan fingerprint density at radius 2 is 0.453 bits per heavy atom. The molecule has 0 amide bonds. The second-order valence-corrected chi connectivity index (χ2v) is 33.2. The van der Waals surface area contributed by atoms with Crippen LogP contribution >= 0.6 is 15.6 Å². The minimum atomic E-state index is -4.95. The lowest BCUT2D eigenvalue weighted by atomic mass is 10.0. The summed E-state index contributed by atoms with van der Waals surface area (Å²) in [5.41, 5.74) is 0. The van der Waals surface area contributed by atoms with Crippen LogP contribution in [0.3, 0.4) is 0 Å². The third-order valence-corrected chi connectivity index (χ3v) is 21.0. The molecular weight excluding hydrogens is 1510 g/mol. The largest absolute Gasteiger partial charge is 0.472 e. The third kappa shape index (κ3) is 91.2. The van der Waals surface area contributed by atoms with E-state index in [0.717, 1.165) is 180 Å². The molecule has 0 rings (SSSR count). The Morgan fingerprint density at radius 3 is 0.718 bits per heavy atom. The number of allylic oxidation sites excluding steroid dienone is 30. The van der Waals surface area contributed by atoms with Crippen LogP contribution in [-0.2, 0) is 55.8 Å². The fourth-order valence-corrected chi connectivity index (χ4v) is 13.8. The van der Waals surface area contributed by atoms with Gasteiger partial charge in [-0.3, -0.25) is 32.5 Å². The Hall–Kier alpha value is -5.35. The highest BCUT2D eigenvalue weighted by Gasteiger charge is 2.29. The van der Waals surface area contributed by atoms with Gasteiger partial charge in [0, 0.05) is 19.3 Å². The van der Waals surface area contributed by atoms with E-state index >= 15 is 0 Å². The number of esters is 3. The maximum Gasteiger partial charge on any atom is 0.472 e. The average Bonchev–Trinajstić information content (AvgIpc) is 1.04. The van der Waals surface area contributed by atoms with Gasteiger partial charge in [-0.15, -0.1) is 0 Å². The lowest BCUT2D eigenvalue weighted by Gasteiger charge is -2.21. The van der Waals surface area contributed by atoms with Crippen LogP contribution in [0.5, 0.6) is 0 Å². The highest BCUT2D eigenvalue weighted by Crippen LogP contribution is 2.45. The van der Waals surface area contributed by atoms with Crippen molar-refractivity contribution in [2.75, 3.05) is 39.6 Å². The number of aliphatic hydroxyl groups is 2. The molecule has 0 aliphatic rings. The van der Waals surface area contributed by atoms with Gasteiger partial charge in [-0.05, 0) is 161 Å². The van der Waals surface area contributed by atoms with Gasteiger partial charge >= 0.3 is 33.6 Å². The van der Waals surface area contributed by atoms with E-state index in [-0.39, 0.29) is 19.3 Å². The zero-order chi connectivity index (χ0) is 85.1. The van der Waals surface area contributed by atoms with Crippen molar-refractivity contribution in [3.05, 3.63) is 182 Å². The Bertz CT molecular complexity index is 2860. The summed E-state index contributed by atoms with van der Waals surface area (Å²) in [6.45, 7) is 2.44. The van der Waals surface area contributed by atoms with Crippen LogP contribution in [0, 0.1) is 0 Å². The molecule has 0 saturated heterocycles. The molecule has 668 valence electrons. The van der Waals surface area contributed by atoms with Gasteiger partial charge in [0.2, 0.25) is 0 Å². The molecule has 0 bridgehead atoms. The number of rotatable bonds is 86. The van der Waals surface area contributed by atoms with Gasteiger partial charge in [-0.25, -0.2) is 9.13 Å². The number of phosphoric ester groups is 2. The predicted molar refractivity (Wildman–Crippen MR) is 491 cm³/mol. The van der Waals surface area contributed by atoms with Gasteiger partial charge in [0.1, 0.15) is 25.4 Å². The minimum absolute atomic E-state index is 0.0880. The van der Waals surface area contributed by atoms with Gasteiger partial charge in [0.25, 0.3) is 0 Å². The number of unbranched alkanes of at least 4 members (excludes halogenated alkanes) is 33. The van der Waals surface area contributed by atoms with E-state index in [1.807, 2.05) is 0 Å². The smallest absolute Gasteiger partial charge is 0.463 e. The SMILES string of the molecule is CC/C=C\C/C=C\C/C=C\C/C=C\C/C=C\C/C=C\CCCCCCCCC(=O)OCC(COP(=O)(O)OCC(O)COP(=O)(O)OCC(O)COC(=O)CCCCCCCCCCCCCCCCC/C=C\C/C=C\C/C=C\C/C=C\C/C=C\CC)OC(=O)CCCCCCCCCCC/C=C\C/C=C\C/C=C\C/C=C\CCCCC. The molecule has 0 aliphatic carbocycles. The van der Waals surface area contributed by atoms with Gasteiger partial charge in [0.05, 0.1) is 26.4 Å². The number of carbonyl (C=O) groups excluding carboxylic acids is 3. The van der Waals surface area contributed by atoms with Crippen LogP contribution in [0.1, 0.15) is 367 Å². The molecule has 5 unspecified atom stereocenters. The van der Waals surface area contributed by atoms with Crippen LogP contribution in [0.4, 0.5) is 0 Å². The highest BCUT2D eigenvalue weighted by molar-refractivity contribution is 7.47. The quantitative estimate of drug-likeness (QED) is 0.0146. The molecule has 0 fully saturated rings. The molecule has 0 aliphatic heterocycles. The Kier molecular flexibility index (Phi) is 85.8. The molecule has 16 nitrogen and oxygen atoms in total. The Morgan fingerprint density at radius 1 is 0.248 bits per heavy atom. The number of hydrogen-bond acceptors (Lipinski definition) is 14. The first kappa shape index (κ1) is 112. The molecule has 117 heavy (non-hydrogen) atoms. The highest BCUT2D eigenvalue weighted by atomic mass is 31.2. The first-order chi connectivity index (χ1) is 57.2. The second kappa shape index (κ2) is 89.9. The van der Waals surface area contributed by atoms with E-state index in [4.69, 9.17) is 32.3 Å². The lowest BCUT2D eigenvalue weighted by Crippen LogP contribution is -2.30. The molecule has 0 radical (unpaired) electrons. The van der Waals surface area contributed by atoms with Crippen LogP contribution in [0.2, 0.25) is 0 Å². The topological polar surface area (TPSA) is 231 Å². The van der Waals surface area contributed by atoms with Crippen molar-refractivity contribution < 1.29 is 75.8 Å². The van der Waals surface area contributed by atoms with Gasteiger partial charge in [0.15, 0.2) is 6.10 Å².